The molecule has 2 nitrogen and oxygen atoms in total. The fourth-order valence-corrected chi connectivity index (χ4v) is 2.67. The van der Waals surface area contributed by atoms with Gasteiger partial charge in [-0.05, 0) is 48.9 Å². The van der Waals surface area contributed by atoms with Gasteiger partial charge in [0.05, 0.1) is 0 Å². The normalized spacial score (nSPS) is 10.9. The topological polar surface area (TPSA) is 32.9 Å². The average molecular weight is 332 g/mol. The Hall–Kier alpha value is -1.94. The van der Waals surface area contributed by atoms with Crippen molar-refractivity contribution in [2.45, 2.75) is 6.92 Å². The van der Waals surface area contributed by atoms with Crippen LogP contribution >= 0.6 is 15.9 Å². The van der Waals surface area contributed by atoms with Crippen LogP contribution in [0.2, 0.25) is 0 Å². The molecule has 0 aliphatic heterocycles. The highest BCUT2D eigenvalue weighted by molar-refractivity contribution is 9.10. The molecule has 0 amide bonds. The van der Waals surface area contributed by atoms with Crippen LogP contribution in [0.1, 0.15) is 21.5 Å². The average Bonchev–Trinajstić information content (AvgIpc) is 2.81. The van der Waals surface area contributed by atoms with E-state index in [9.17, 15) is 9.18 Å². The lowest BCUT2D eigenvalue weighted by Gasteiger charge is -2.04. The van der Waals surface area contributed by atoms with Gasteiger partial charge in [-0.15, -0.1) is 0 Å². The number of ketones is 1. The molecule has 20 heavy (non-hydrogen) atoms. The Morgan fingerprint density at radius 1 is 1.15 bits per heavy atom. The van der Waals surface area contributed by atoms with Crippen LogP contribution in [-0.4, -0.2) is 10.8 Å². The van der Waals surface area contributed by atoms with Crippen molar-refractivity contribution in [1.82, 2.24) is 4.98 Å². The van der Waals surface area contributed by atoms with E-state index in [0.29, 0.717) is 16.7 Å². The molecule has 0 spiro atoms. The van der Waals surface area contributed by atoms with Gasteiger partial charge in [-0.2, -0.15) is 0 Å². The van der Waals surface area contributed by atoms with Gasteiger partial charge < -0.3 is 4.98 Å². The van der Waals surface area contributed by atoms with Crippen molar-refractivity contribution in [3.05, 3.63) is 69.6 Å². The lowest BCUT2D eigenvalue weighted by atomic mass is 9.99. The standard InChI is InChI=1S/C16H11BrFNO/c1-9-6-11(18)3-4-12(9)16(20)14-8-19-15-5-2-10(17)7-13(14)15/h2-8,19H,1H3. The van der Waals surface area contributed by atoms with E-state index >= 15 is 0 Å². The molecule has 0 aliphatic rings. The number of benzene rings is 2. The molecule has 0 fully saturated rings. The number of aromatic nitrogens is 1. The number of hydrogen-bond acceptors (Lipinski definition) is 1. The minimum absolute atomic E-state index is 0.105. The zero-order valence-corrected chi connectivity index (χ0v) is 12.3. The molecule has 4 heteroatoms. The van der Waals surface area contributed by atoms with Gasteiger partial charge in [0, 0.05) is 32.7 Å². The van der Waals surface area contributed by atoms with Crippen LogP contribution in [0.25, 0.3) is 10.9 Å². The summed E-state index contributed by atoms with van der Waals surface area (Å²) in [6.07, 6.45) is 1.70. The van der Waals surface area contributed by atoms with Gasteiger partial charge in [0.2, 0.25) is 0 Å². The lowest BCUT2D eigenvalue weighted by Crippen LogP contribution is -2.03. The molecule has 0 unspecified atom stereocenters. The molecule has 0 aliphatic carbocycles. The molecule has 0 atom stereocenters. The second-order valence-electron chi connectivity index (χ2n) is 4.68. The summed E-state index contributed by atoms with van der Waals surface area (Å²) in [7, 11) is 0. The molecule has 1 heterocycles. The molecule has 0 saturated heterocycles. The Labute approximate surface area is 123 Å². The van der Waals surface area contributed by atoms with Crippen LogP contribution < -0.4 is 0 Å². The van der Waals surface area contributed by atoms with Crippen molar-refractivity contribution >= 4 is 32.6 Å². The highest BCUT2D eigenvalue weighted by Gasteiger charge is 2.16. The third-order valence-corrected chi connectivity index (χ3v) is 3.81. The van der Waals surface area contributed by atoms with Gasteiger partial charge in [0.15, 0.2) is 5.78 Å². The van der Waals surface area contributed by atoms with E-state index in [1.165, 1.54) is 18.2 Å². The van der Waals surface area contributed by atoms with E-state index in [-0.39, 0.29) is 11.6 Å². The first kappa shape index (κ1) is 13.1. The van der Waals surface area contributed by atoms with Gasteiger partial charge in [-0.3, -0.25) is 4.79 Å². The molecule has 0 radical (unpaired) electrons. The Bertz CT molecular complexity index is 822. The van der Waals surface area contributed by atoms with E-state index in [4.69, 9.17) is 0 Å². The Morgan fingerprint density at radius 3 is 2.70 bits per heavy atom. The van der Waals surface area contributed by atoms with E-state index in [2.05, 4.69) is 20.9 Å². The van der Waals surface area contributed by atoms with Crippen LogP contribution in [0.3, 0.4) is 0 Å². The largest absolute Gasteiger partial charge is 0.360 e. The van der Waals surface area contributed by atoms with Crippen molar-refractivity contribution in [3.8, 4) is 0 Å². The molecule has 1 aromatic heterocycles. The maximum Gasteiger partial charge on any atom is 0.195 e. The summed E-state index contributed by atoms with van der Waals surface area (Å²) in [5.41, 5.74) is 2.65. The molecular weight excluding hydrogens is 321 g/mol. The maximum absolute atomic E-state index is 13.1. The first-order valence-corrected chi connectivity index (χ1v) is 6.93. The Kier molecular flexibility index (Phi) is 3.18. The molecule has 0 bridgehead atoms. The number of aromatic amines is 1. The summed E-state index contributed by atoms with van der Waals surface area (Å²) in [5.74, 6) is -0.437. The van der Waals surface area contributed by atoms with E-state index in [0.717, 1.165) is 15.4 Å². The van der Waals surface area contributed by atoms with Gasteiger partial charge >= 0.3 is 0 Å². The fraction of sp³-hybridized carbons (Fsp3) is 0.0625. The van der Waals surface area contributed by atoms with Crippen LogP contribution in [0.4, 0.5) is 4.39 Å². The monoisotopic (exact) mass is 331 g/mol. The van der Waals surface area contributed by atoms with Crippen molar-refractivity contribution in [2.75, 3.05) is 0 Å². The predicted octanol–water partition coefficient (Wildman–Crippen LogP) is 4.61. The van der Waals surface area contributed by atoms with Gasteiger partial charge in [-0.25, -0.2) is 4.39 Å². The highest BCUT2D eigenvalue weighted by atomic mass is 79.9. The molecule has 2 aromatic carbocycles. The number of halogens is 2. The summed E-state index contributed by atoms with van der Waals surface area (Å²) in [4.78, 5) is 15.7. The van der Waals surface area contributed by atoms with Crippen molar-refractivity contribution in [1.29, 1.82) is 0 Å². The number of aryl methyl sites for hydroxylation is 1. The second-order valence-corrected chi connectivity index (χ2v) is 5.60. The summed E-state index contributed by atoms with van der Waals surface area (Å²) in [6, 6.07) is 9.94. The molecular formula is C16H11BrFNO. The molecule has 1 N–H and O–H groups in total. The number of nitrogens with one attached hydrogen (secondary N) is 1. The Balaban J connectivity index is 2.15. The minimum Gasteiger partial charge on any atom is -0.360 e. The second kappa shape index (κ2) is 4.87. The SMILES string of the molecule is Cc1cc(F)ccc1C(=O)c1c[nH]c2ccc(Br)cc12. The number of carbonyl (C=O) groups excluding carboxylic acids is 1. The van der Waals surface area contributed by atoms with Crippen LogP contribution in [0.5, 0.6) is 0 Å². The van der Waals surface area contributed by atoms with Crippen molar-refractivity contribution in [3.63, 3.8) is 0 Å². The summed E-state index contributed by atoms with van der Waals surface area (Å²) >= 11 is 3.41. The third-order valence-electron chi connectivity index (χ3n) is 3.32. The zero-order valence-electron chi connectivity index (χ0n) is 10.7. The summed E-state index contributed by atoms with van der Waals surface area (Å²) in [6.45, 7) is 1.74. The first-order valence-electron chi connectivity index (χ1n) is 6.14. The van der Waals surface area contributed by atoms with Crippen LogP contribution in [0.15, 0.2) is 47.1 Å². The van der Waals surface area contributed by atoms with Crippen molar-refractivity contribution in [2.24, 2.45) is 0 Å². The lowest BCUT2D eigenvalue weighted by molar-refractivity contribution is 0.103. The smallest absolute Gasteiger partial charge is 0.195 e. The molecule has 3 aromatic rings. The molecule has 0 saturated carbocycles. The van der Waals surface area contributed by atoms with Crippen LogP contribution in [0, 0.1) is 12.7 Å². The quantitative estimate of drug-likeness (QED) is 0.683. The minimum atomic E-state index is -0.333. The number of rotatable bonds is 2. The van der Waals surface area contributed by atoms with Crippen LogP contribution in [-0.2, 0) is 0 Å². The number of carbonyl (C=O) groups is 1. The number of hydrogen-bond donors (Lipinski definition) is 1. The van der Waals surface area contributed by atoms with E-state index in [1.807, 2.05) is 18.2 Å². The van der Waals surface area contributed by atoms with E-state index < -0.39 is 0 Å². The number of H-pyrrole nitrogens is 1. The summed E-state index contributed by atoms with van der Waals surface area (Å²) < 4.78 is 14.0. The molecule has 3 rings (SSSR count). The third kappa shape index (κ3) is 2.16. The predicted molar refractivity (Wildman–Crippen MR) is 80.6 cm³/mol. The summed E-state index contributed by atoms with van der Waals surface area (Å²) in [5, 5.41) is 0.855. The van der Waals surface area contributed by atoms with E-state index in [1.54, 1.807) is 13.1 Å². The zero-order chi connectivity index (χ0) is 14.3. The number of fused-ring (bicyclic) bond motifs is 1. The first-order chi connectivity index (χ1) is 9.56. The van der Waals surface area contributed by atoms with Crippen molar-refractivity contribution < 1.29 is 9.18 Å². The highest BCUT2D eigenvalue weighted by Crippen LogP contribution is 2.25. The van der Waals surface area contributed by atoms with Gasteiger partial charge in [-0.1, -0.05) is 15.9 Å². The maximum atomic E-state index is 13.1. The Morgan fingerprint density at radius 2 is 1.95 bits per heavy atom. The fourth-order valence-electron chi connectivity index (χ4n) is 2.31. The van der Waals surface area contributed by atoms with Gasteiger partial charge in [0.1, 0.15) is 5.82 Å². The van der Waals surface area contributed by atoms with Gasteiger partial charge in [0.25, 0.3) is 0 Å². The molecule has 100 valence electrons.